The Morgan fingerprint density at radius 2 is 2.19 bits per heavy atom. The van der Waals surface area contributed by atoms with Gasteiger partial charge < -0.3 is 21.4 Å². The second-order valence-electron chi connectivity index (χ2n) is 6.30. The van der Waals surface area contributed by atoms with Gasteiger partial charge in [-0.1, -0.05) is 6.07 Å². The number of carbonyl (C=O) groups excluding carboxylic acids is 1. The van der Waals surface area contributed by atoms with Crippen molar-refractivity contribution in [1.29, 1.82) is 10.8 Å². The SMILES string of the molecule is CC(=O)/C(C=N)=C1C=C(/C(Nc2cccc(C)n2)=C2\CCNC2=N)C=CN\1. The number of rotatable bonds is 5. The summed E-state index contributed by atoms with van der Waals surface area (Å²) in [5.74, 6) is 0.882. The van der Waals surface area contributed by atoms with Crippen LogP contribution >= 0.6 is 0 Å². The summed E-state index contributed by atoms with van der Waals surface area (Å²) < 4.78 is 0. The Morgan fingerprint density at radius 1 is 1.37 bits per heavy atom. The summed E-state index contributed by atoms with van der Waals surface area (Å²) in [6, 6.07) is 5.72. The number of nitrogens with one attached hydrogen (secondary N) is 5. The summed E-state index contributed by atoms with van der Waals surface area (Å²) in [6.45, 7) is 4.06. The molecule has 0 amide bonds. The minimum absolute atomic E-state index is 0.184. The molecule has 0 aliphatic carbocycles. The molecule has 3 rings (SSSR count). The third-order valence-corrected chi connectivity index (χ3v) is 4.33. The van der Waals surface area contributed by atoms with Crippen molar-refractivity contribution in [2.45, 2.75) is 20.3 Å². The molecule has 2 aliphatic rings. The minimum Gasteiger partial charge on any atom is -0.370 e. The van der Waals surface area contributed by atoms with Crippen LogP contribution < -0.4 is 16.0 Å². The fourth-order valence-electron chi connectivity index (χ4n) is 3.00. The van der Waals surface area contributed by atoms with Crippen LogP contribution in [0.3, 0.4) is 0 Å². The zero-order chi connectivity index (χ0) is 19.4. The first-order chi connectivity index (χ1) is 13.0. The van der Waals surface area contributed by atoms with Crippen molar-refractivity contribution in [1.82, 2.24) is 15.6 Å². The number of dihydropyridines is 1. The normalized spacial score (nSPS) is 19.6. The zero-order valence-electron chi connectivity index (χ0n) is 15.3. The van der Waals surface area contributed by atoms with Gasteiger partial charge in [0, 0.05) is 35.8 Å². The van der Waals surface area contributed by atoms with E-state index in [0.717, 1.165) is 35.2 Å². The van der Waals surface area contributed by atoms with Crippen molar-refractivity contribution in [2.24, 2.45) is 0 Å². The van der Waals surface area contributed by atoms with Crippen LogP contribution in [-0.2, 0) is 4.79 Å². The predicted octanol–water partition coefficient (Wildman–Crippen LogP) is 2.56. The van der Waals surface area contributed by atoms with Gasteiger partial charge in [0.2, 0.25) is 0 Å². The highest BCUT2D eigenvalue weighted by Gasteiger charge is 2.22. The second kappa shape index (κ2) is 7.82. The number of allylic oxidation sites excluding steroid dienone is 3. The number of hydrogen-bond donors (Lipinski definition) is 5. The topological polar surface area (TPSA) is 114 Å². The lowest BCUT2D eigenvalue weighted by molar-refractivity contribution is -0.113. The van der Waals surface area contributed by atoms with Crippen molar-refractivity contribution in [3.05, 3.63) is 70.4 Å². The molecule has 27 heavy (non-hydrogen) atoms. The summed E-state index contributed by atoms with van der Waals surface area (Å²) in [6.07, 6.45) is 7.20. The van der Waals surface area contributed by atoms with E-state index in [4.69, 9.17) is 10.8 Å². The van der Waals surface area contributed by atoms with Crippen LogP contribution in [0.4, 0.5) is 5.82 Å². The summed E-state index contributed by atoms with van der Waals surface area (Å²) in [5.41, 5.74) is 4.19. The molecule has 138 valence electrons. The van der Waals surface area contributed by atoms with Crippen molar-refractivity contribution in [3.63, 3.8) is 0 Å². The van der Waals surface area contributed by atoms with Gasteiger partial charge in [-0.3, -0.25) is 10.2 Å². The number of aromatic nitrogens is 1. The fourth-order valence-corrected chi connectivity index (χ4v) is 3.00. The Kier molecular flexibility index (Phi) is 5.30. The Hall–Kier alpha value is -3.48. The Balaban J connectivity index is 2.09. The molecule has 0 saturated carbocycles. The van der Waals surface area contributed by atoms with E-state index < -0.39 is 0 Å². The fraction of sp³-hybridized carbons (Fsp3) is 0.200. The maximum atomic E-state index is 11.8. The standard InChI is InChI=1S/C20H22N6O/c1-12-4-3-5-18(25-12)26-19(15-7-9-24-20(15)22)14-6-8-23-17(10-14)16(11-21)13(2)27/h3-6,8,10-11,21,23H,7,9H2,1-2H3,(H2,22,24)(H,25,26)/b17-16+,19-15-,21-11?. The molecule has 0 spiro atoms. The number of aryl methyl sites for hydroxylation is 1. The van der Waals surface area contributed by atoms with Gasteiger partial charge in [-0.2, -0.15) is 0 Å². The summed E-state index contributed by atoms with van der Waals surface area (Å²) in [7, 11) is 0. The van der Waals surface area contributed by atoms with Crippen molar-refractivity contribution in [3.8, 4) is 0 Å². The summed E-state index contributed by atoms with van der Waals surface area (Å²) in [5, 5.41) is 25.1. The lowest BCUT2D eigenvalue weighted by Gasteiger charge is -2.19. The molecule has 0 unspecified atom stereocenters. The Labute approximate surface area is 158 Å². The molecular weight excluding hydrogens is 340 g/mol. The first kappa shape index (κ1) is 18.3. The number of anilines is 1. The van der Waals surface area contributed by atoms with Gasteiger partial charge in [-0.25, -0.2) is 4.98 Å². The van der Waals surface area contributed by atoms with Gasteiger partial charge in [0.1, 0.15) is 11.7 Å². The summed E-state index contributed by atoms with van der Waals surface area (Å²) >= 11 is 0. The Morgan fingerprint density at radius 3 is 2.81 bits per heavy atom. The molecule has 7 heteroatoms. The van der Waals surface area contributed by atoms with Crippen LogP contribution in [-0.4, -0.2) is 29.4 Å². The van der Waals surface area contributed by atoms with E-state index in [0.29, 0.717) is 29.5 Å². The van der Waals surface area contributed by atoms with E-state index >= 15 is 0 Å². The molecule has 0 atom stereocenters. The van der Waals surface area contributed by atoms with E-state index in [9.17, 15) is 4.79 Å². The van der Waals surface area contributed by atoms with Gasteiger partial charge in [0.15, 0.2) is 5.78 Å². The molecule has 2 aliphatic heterocycles. The molecule has 0 bridgehead atoms. The molecule has 0 radical (unpaired) electrons. The van der Waals surface area contributed by atoms with E-state index in [-0.39, 0.29) is 5.78 Å². The average Bonchev–Trinajstić information content (AvgIpc) is 3.06. The lowest BCUT2D eigenvalue weighted by atomic mass is 10.00. The molecule has 3 heterocycles. The van der Waals surface area contributed by atoms with Crippen LogP contribution in [0.2, 0.25) is 0 Å². The van der Waals surface area contributed by atoms with E-state index in [1.807, 2.05) is 37.3 Å². The largest absolute Gasteiger partial charge is 0.370 e. The highest BCUT2D eigenvalue weighted by molar-refractivity contribution is 6.12. The smallest absolute Gasteiger partial charge is 0.163 e. The first-order valence-corrected chi connectivity index (χ1v) is 8.67. The van der Waals surface area contributed by atoms with E-state index in [2.05, 4.69) is 20.9 Å². The van der Waals surface area contributed by atoms with Crippen LogP contribution in [0.1, 0.15) is 19.0 Å². The van der Waals surface area contributed by atoms with Gasteiger partial charge in [-0.15, -0.1) is 0 Å². The molecule has 0 aromatic carbocycles. The molecular formula is C20H22N6O. The molecule has 1 fully saturated rings. The number of Topliss-reactive ketones (excluding diaryl/α,β-unsaturated/α-hetero) is 1. The monoisotopic (exact) mass is 362 g/mol. The van der Waals surface area contributed by atoms with E-state index in [1.54, 1.807) is 6.20 Å². The Bertz CT molecular complexity index is 936. The van der Waals surface area contributed by atoms with Crippen molar-refractivity contribution >= 4 is 23.7 Å². The van der Waals surface area contributed by atoms with Gasteiger partial charge in [0.25, 0.3) is 0 Å². The number of carbonyl (C=O) groups is 1. The average molecular weight is 362 g/mol. The summed E-state index contributed by atoms with van der Waals surface area (Å²) in [4.78, 5) is 16.3. The minimum atomic E-state index is -0.184. The second-order valence-corrected chi connectivity index (χ2v) is 6.30. The molecule has 1 aromatic rings. The number of pyridine rings is 1. The zero-order valence-corrected chi connectivity index (χ0v) is 15.3. The maximum absolute atomic E-state index is 11.8. The first-order valence-electron chi connectivity index (χ1n) is 8.67. The molecule has 1 saturated heterocycles. The van der Waals surface area contributed by atoms with E-state index in [1.165, 1.54) is 6.92 Å². The number of amidine groups is 1. The third-order valence-electron chi connectivity index (χ3n) is 4.33. The quantitative estimate of drug-likeness (QED) is 0.408. The lowest BCUT2D eigenvalue weighted by Crippen LogP contribution is -2.19. The van der Waals surface area contributed by atoms with Gasteiger partial charge in [0.05, 0.1) is 17.0 Å². The third kappa shape index (κ3) is 4.03. The van der Waals surface area contributed by atoms with Crippen LogP contribution in [0.25, 0.3) is 0 Å². The van der Waals surface area contributed by atoms with Crippen LogP contribution in [0.5, 0.6) is 0 Å². The van der Waals surface area contributed by atoms with Gasteiger partial charge in [-0.05, 0) is 44.6 Å². The van der Waals surface area contributed by atoms with Gasteiger partial charge >= 0.3 is 0 Å². The maximum Gasteiger partial charge on any atom is 0.163 e. The van der Waals surface area contributed by atoms with Crippen molar-refractivity contribution in [2.75, 3.05) is 11.9 Å². The van der Waals surface area contributed by atoms with Crippen LogP contribution in [0, 0.1) is 17.7 Å². The molecule has 1 aromatic heterocycles. The molecule has 5 N–H and O–H groups in total. The number of nitrogens with zero attached hydrogens (tertiary/aromatic N) is 1. The highest BCUT2D eigenvalue weighted by atomic mass is 16.1. The molecule has 7 nitrogen and oxygen atoms in total. The van der Waals surface area contributed by atoms with Crippen LogP contribution in [0.15, 0.2) is 64.7 Å². The number of hydrogen-bond acceptors (Lipinski definition) is 6. The number of ketones is 1. The van der Waals surface area contributed by atoms with Crippen molar-refractivity contribution < 1.29 is 4.79 Å². The highest BCUT2D eigenvalue weighted by Crippen LogP contribution is 2.26. The predicted molar refractivity (Wildman–Crippen MR) is 107 cm³/mol.